The van der Waals surface area contributed by atoms with Gasteiger partial charge in [-0.2, -0.15) is 8.42 Å². The monoisotopic (exact) mass is 564 g/mol. The Bertz CT molecular complexity index is 1230. The summed E-state index contributed by atoms with van der Waals surface area (Å²) < 4.78 is 75.5. The van der Waals surface area contributed by atoms with Crippen molar-refractivity contribution in [3.05, 3.63) is 42.5 Å². The van der Waals surface area contributed by atoms with E-state index in [1.165, 1.54) is 12.5 Å². The molecule has 1 aromatic carbocycles. The number of hydrogen-bond acceptors (Lipinski definition) is 13. The molecule has 0 heterocycles. The molecule has 0 aliphatic rings. The molecule has 1 rings (SSSR count). The van der Waals surface area contributed by atoms with Crippen LogP contribution in [0.4, 0.5) is 17.1 Å². The van der Waals surface area contributed by atoms with E-state index in [0.29, 0.717) is 13.1 Å². The molecule has 0 fully saturated rings. The third-order valence-corrected chi connectivity index (χ3v) is 8.65. The highest BCUT2D eigenvalue weighted by Crippen LogP contribution is 2.36. The summed E-state index contributed by atoms with van der Waals surface area (Å²) in [7, 11) is -9.70. The van der Waals surface area contributed by atoms with Crippen LogP contribution in [-0.4, -0.2) is 92.6 Å². The van der Waals surface area contributed by atoms with E-state index in [1.54, 1.807) is 25.8 Å². The topological polar surface area (TPSA) is 255 Å². The van der Waals surface area contributed by atoms with Gasteiger partial charge >= 0.3 is 21.5 Å². The van der Waals surface area contributed by atoms with Crippen LogP contribution in [0.15, 0.2) is 17.0 Å². The smallest absolute Gasteiger partial charge is 0.304 e. The molecule has 20 heteroatoms. The number of non-ortho nitro benzene ring substituents is 1. The SMILES string of the molecule is CC(CN(C)CC(C)S(C)(=O)=O)S(C)(=O)=O.O=[N+]([O-])c1cc([N+](=O)[O-])c(S(=O)(=O)O)c([N+](=O)[O-])c1. The Hall–Kier alpha value is -2.81. The summed E-state index contributed by atoms with van der Waals surface area (Å²) >= 11 is 0. The molecule has 0 saturated heterocycles. The average Bonchev–Trinajstić information content (AvgIpc) is 2.64. The van der Waals surface area contributed by atoms with Gasteiger partial charge in [-0.1, -0.05) is 0 Å². The van der Waals surface area contributed by atoms with E-state index in [4.69, 9.17) is 4.55 Å². The largest absolute Gasteiger partial charge is 0.308 e. The maximum atomic E-state index is 11.2. The van der Waals surface area contributed by atoms with Gasteiger partial charge in [0.15, 0.2) is 19.7 Å². The second-order valence-electron chi connectivity index (χ2n) is 7.56. The summed E-state index contributed by atoms with van der Waals surface area (Å²) in [5, 5.41) is 30.7. The van der Waals surface area contributed by atoms with Gasteiger partial charge in [0.1, 0.15) is 0 Å². The van der Waals surface area contributed by atoms with Gasteiger partial charge in [-0.15, -0.1) is 0 Å². The Morgan fingerprint density at radius 3 is 1.31 bits per heavy atom. The zero-order chi connectivity index (χ0) is 28.1. The minimum Gasteiger partial charge on any atom is -0.304 e. The van der Waals surface area contributed by atoms with Crippen molar-refractivity contribution in [1.82, 2.24) is 4.90 Å². The van der Waals surface area contributed by atoms with E-state index in [2.05, 4.69) is 0 Å². The van der Waals surface area contributed by atoms with Gasteiger partial charge in [-0.05, 0) is 20.9 Å². The lowest BCUT2D eigenvalue weighted by atomic mass is 10.2. The van der Waals surface area contributed by atoms with Crippen molar-refractivity contribution < 1.29 is 44.6 Å². The van der Waals surface area contributed by atoms with Gasteiger partial charge < -0.3 is 4.90 Å². The molecule has 0 saturated carbocycles. The number of hydrogen-bond donors (Lipinski definition) is 1. The van der Waals surface area contributed by atoms with E-state index in [0.717, 1.165) is 0 Å². The third-order valence-electron chi connectivity index (χ3n) is 4.50. The van der Waals surface area contributed by atoms with Crippen LogP contribution in [0.2, 0.25) is 0 Å². The molecule has 0 aliphatic carbocycles. The summed E-state index contributed by atoms with van der Waals surface area (Å²) in [6.45, 7) is 3.94. The van der Waals surface area contributed by atoms with Crippen molar-refractivity contribution in [3.63, 3.8) is 0 Å². The van der Waals surface area contributed by atoms with Crippen LogP contribution in [-0.2, 0) is 29.8 Å². The van der Waals surface area contributed by atoms with Gasteiger partial charge in [-0.25, -0.2) is 16.8 Å². The lowest BCUT2D eigenvalue weighted by molar-refractivity contribution is -0.407. The normalized spacial score (nSPS) is 13.9. The molecule has 0 amide bonds. The first-order valence-electron chi connectivity index (χ1n) is 9.15. The van der Waals surface area contributed by atoms with E-state index < -0.39 is 77.0 Å². The third kappa shape index (κ3) is 10.1. The fourth-order valence-corrected chi connectivity index (χ4v) is 4.29. The van der Waals surface area contributed by atoms with Crippen molar-refractivity contribution in [3.8, 4) is 0 Å². The van der Waals surface area contributed by atoms with Gasteiger partial charge in [0.25, 0.3) is 5.69 Å². The standard InChI is InChI=1S/C9H21NO4S2.C6H3N3O9S/c1-8(15(4,11)12)6-10(3)7-9(2)16(5,13)14;10-7(11)3-1-4(8(12)13)6(19(16,17)18)5(2-3)9(14)15/h8-9H,6-7H2,1-5H3;1-2H,(H,16,17,18). The predicted octanol–water partition coefficient (Wildman–Crippen LogP) is 0.442. The molecule has 0 spiro atoms. The van der Waals surface area contributed by atoms with Crippen LogP contribution in [0.5, 0.6) is 0 Å². The molecule has 2 atom stereocenters. The molecule has 1 aromatic rings. The highest BCUT2D eigenvalue weighted by Gasteiger charge is 2.37. The van der Waals surface area contributed by atoms with Crippen LogP contribution in [0.25, 0.3) is 0 Å². The number of sulfone groups is 2. The van der Waals surface area contributed by atoms with Gasteiger partial charge in [0.05, 0.1) is 37.4 Å². The molecule has 17 nitrogen and oxygen atoms in total. The molecule has 200 valence electrons. The Morgan fingerprint density at radius 1 is 0.800 bits per heavy atom. The van der Waals surface area contributed by atoms with Gasteiger partial charge in [0, 0.05) is 25.6 Å². The number of nitrogens with zero attached hydrogens (tertiary/aromatic N) is 4. The number of benzene rings is 1. The van der Waals surface area contributed by atoms with Crippen molar-refractivity contribution in [1.29, 1.82) is 0 Å². The Kier molecular flexibility index (Phi) is 10.8. The van der Waals surface area contributed by atoms with Crippen LogP contribution < -0.4 is 0 Å². The van der Waals surface area contributed by atoms with E-state index in [9.17, 15) is 55.6 Å². The summed E-state index contributed by atoms with van der Waals surface area (Å²) in [6, 6.07) is 0.409. The molecule has 0 radical (unpaired) electrons. The maximum Gasteiger partial charge on any atom is 0.308 e. The minimum absolute atomic E-state index is 0.204. The number of nitro benzene ring substituents is 3. The quantitative estimate of drug-likeness (QED) is 0.230. The highest BCUT2D eigenvalue weighted by atomic mass is 32.2. The number of nitro groups is 3. The molecular weight excluding hydrogens is 540 g/mol. The molecule has 0 bridgehead atoms. The van der Waals surface area contributed by atoms with E-state index >= 15 is 0 Å². The predicted molar refractivity (Wildman–Crippen MR) is 122 cm³/mol. The minimum atomic E-state index is -5.30. The Balaban J connectivity index is 0.000000672. The molecular formula is C15H24N4O13S3. The van der Waals surface area contributed by atoms with Crippen LogP contribution in [0.3, 0.4) is 0 Å². The summed E-state index contributed by atoms with van der Waals surface area (Å²) in [4.78, 5) is 27.9. The molecule has 1 N–H and O–H groups in total. The lowest BCUT2D eigenvalue weighted by Gasteiger charge is -2.22. The van der Waals surface area contributed by atoms with Crippen LogP contribution >= 0.6 is 0 Å². The zero-order valence-corrected chi connectivity index (χ0v) is 21.5. The van der Waals surface area contributed by atoms with Crippen molar-refractivity contribution in [2.24, 2.45) is 0 Å². The van der Waals surface area contributed by atoms with Crippen molar-refractivity contribution in [2.75, 3.05) is 32.6 Å². The summed E-state index contributed by atoms with van der Waals surface area (Å²) in [5.41, 5.74) is -3.96. The maximum absolute atomic E-state index is 11.2. The van der Waals surface area contributed by atoms with E-state index in [1.807, 2.05) is 0 Å². The summed E-state index contributed by atoms with van der Waals surface area (Å²) in [6.07, 6.45) is 2.37. The van der Waals surface area contributed by atoms with E-state index in [-0.39, 0.29) is 12.1 Å². The second-order valence-corrected chi connectivity index (χ2v) is 13.8. The Labute approximate surface area is 200 Å². The fourth-order valence-electron chi connectivity index (χ4n) is 2.45. The fraction of sp³-hybridized carbons (Fsp3) is 0.600. The van der Waals surface area contributed by atoms with Crippen LogP contribution in [0.1, 0.15) is 13.8 Å². The first kappa shape index (κ1) is 32.2. The van der Waals surface area contributed by atoms with Crippen LogP contribution in [0, 0.1) is 30.3 Å². The van der Waals surface area contributed by atoms with Crippen molar-refractivity contribution in [2.45, 2.75) is 29.2 Å². The molecule has 2 unspecified atom stereocenters. The van der Waals surface area contributed by atoms with Gasteiger partial charge in [-0.3, -0.25) is 34.9 Å². The summed E-state index contributed by atoms with van der Waals surface area (Å²) in [5.74, 6) is 0. The highest BCUT2D eigenvalue weighted by molar-refractivity contribution is 7.91. The Morgan fingerprint density at radius 2 is 1.11 bits per heavy atom. The first-order valence-corrected chi connectivity index (χ1v) is 14.5. The van der Waals surface area contributed by atoms with Crippen molar-refractivity contribution >= 4 is 46.9 Å². The average molecular weight is 565 g/mol. The number of rotatable bonds is 10. The molecule has 0 aliphatic heterocycles. The molecule has 35 heavy (non-hydrogen) atoms. The van der Waals surface area contributed by atoms with Gasteiger partial charge in [0.2, 0.25) is 4.90 Å². The first-order chi connectivity index (χ1) is 15.5. The molecule has 0 aromatic heterocycles. The zero-order valence-electron chi connectivity index (χ0n) is 19.1. The lowest BCUT2D eigenvalue weighted by Crippen LogP contribution is -2.38. The second kappa shape index (κ2) is 11.7.